The van der Waals surface area contributed by atoms with E-state index in [2.05, 4.69) is 36.3 Å². The van der Waals surface area contributed by atoms with Crippen molar-refractivity contribution in [2.45, 2.75) is 32.0 Å². The highest BCUT2D eigenvalue weighted by Gasteiger charge is 2.14. The van der Waals surface area contributed by atoms with E-state index in [1.807, 2.05) is 24.4 Å². The number of aryl methyl sites for hydroxylation is 2. The Morgan fingerprint density at radius 3 is 2.81 bits per heavy atom. The van der Waals surface area contributed by atoms with Crippen LogP contribution in [-0.2, 0) is 11.8 Å². The normalized spacial score (nSPS) is 12.3. The van der Waals surface area contributed by atoms with Gasteiger partial charge in [-0.15, -0.1) is 11.3 Å². The molecule has 7 heteroatoms. The van der Waals surface area contributed by atoms with Gasteiger partial charge in [-0.25, -0.2) is 4.98 Å². The molecule has 2 aromatic heterocycles. The fourth-order valence-corrected chi connectivity index (χ4v) is 4.22. The predicted octanol–water partition coefficient (Wildman–Crippen LogP) is 3.58. The lowest BCUT2D eigenvalue weighted by atomic mass is 10.0. The van der Waals surface area contributed by atoms with Crippen LogP contribution in [0.15, 0.2) is 39.6 Å². The first-order valence-corrected chi connectivity index (χ1v) is 10.2. The van der Waals surface area contributed by atoms with Crippen LogP contribution in [0.3, 0.4) is 0 Å². The minimum Gasteiger partial charge on any atom is -0.349 e. The number of nitrogens with zero attached hydrogens (tertiary/aromatic N) is 2. The molecule has 26 heavy (non-hydrogen) atoms. The molecule has 136 valence electrons. The van der Waals surface area contributed by atoms with E-state index in [-0.39, 0.29) is 23.3 Å². The number of thioether (sulfide) groups is 1. The molecule has 0 fully saturated rings. The van der Waals surface area contributed by atoms with E-state index in [9.17, 15) is 9.59 Å². The fraction of sp³-hybridized carbons (Fsp3) is 0.316. The van der Waals surface area contributed by atoms with E-state index >= 15 is 0 Å². The molecule has 1 N–H and O–H groups in total. The zero-order valence-corrected chi connectivity index (χ0v) is 16.8. The van der Waals surface area contributed by atoms with Gasteiger partial charge in [-0.3, -0.25) is 14.2 Å². The zero-order chi connectivity index (χ0) is 18.8. The van der Waals surface area contributed by atoms with E-state index in [4.69, 9.17) is 0 Å². The van der Waals surface area contributed by atoms with Gasteiger partial charge in [0.15, 0.2) is 5.16 Å². The summed E-state index contributed by atoms with van der Waals surface area (Å²) in [5, 5.41) is 5.41. The first kappa shape index (κ1) is 18.7. The van der Waals surface area contributed by atoms with Crippen LogP contribution in [0.4, 0.5) is 0 Å². The van der Waals surface area contributed by atoms with Gasteiger partial charge in [0, 0.05) is 7.05 Å². The third-order valence-corrected chi connectivity index (χ3v) is 6.31. The van der Waals surface area contributed by atoms with Crippen molar-refractivity contribution >= 4 is 39.2 Å². The molecule has 2 heterocycles. The minimum atomic E-state index is -0.0830. The first-order valence-electron chi connectivity index (χ1n) is 8.30. The van der Waals surface area contributed by atoms with Crippen LogP contribution in [0.1, 0.15) is 29.7 Å². The summed E-state index contributed by atoms with van der Waals surface area (Å²) in [5.41, 5.74) is 4.14. The number of thiophene rings is 1. The van der Waals surface area contributed by atoms with Gasteiger partial charge < -0.3 is 5.32 Å². The number of hydrogen-bond acceptors (Lipinski definition) is 5. The molecule has 0 aliphatic heterocycles. The molecule has 1 unspecified atom stereocenters. The van der Waals surface area contributed by atoms with Crippen molar-refractivity contribution in [2.75, 3.05) is 5.75 Å². The second-order valence-electron chi connectivity index (χ2n) is 6.32. The number of amides is 1. The summed E-state index contributed by atoms with van der Waals surface area (Å²) >= 11 is 2.66. The Morgan fingerprint density at radius 1 is 1.31 bits per heavy atom. The maximum atomic E-state index is 12.3. The molecule has 0 bridgehead atoms. The van der Waals surface area contributed by atoms with Crippen LogP contribution in [0.2, 0.25) is 0 Å². The Hall–Kier alpha value is -2.12. The Labute approximate surface area is 160 Å². The molecule has 0 saturated heterocycles. The van der Waals surface area contributed by atoms with Crippen LogP contribution in [0, 0.1) is 13.8 Å². The van der Waals surface area contributed by atoms with Gasteiger partial charge in [-0.2, -0.15) is 0 Å². The molecular weight excluding hydrogens is 366 g/mol. The number of carbonyl (C=O) groups excluding carboxylic acids is 1. The quantitative estimate of drug-likeness (QED) is 0.537. The van der Waals surface area contributed by atoms with Gasteiger partial charge in [0.05, 0.1) is 17.3 Å². The van der Waals surface area contributed by atoms with Gasteiger partial charge in [-0.05, 0) is 48.9 Å². The second kappa shape index (κ2) is 7.63. The number of fused-ring (bicyclic) bond motifs is 1. The Balaban J connectivity index is 1.66. The van der Waals surface area contributed by atoms with Gasteiger partial charge in [-0.1, -0.05) is 30.0 Å². The summed E-state index contributed by atoms with van der Waals surface area (Å²) in [6.07, 6.45) is 0. The monoisotopic (exact) mass is 387 g/mol. The van der Waals surface area contributed by atoms with Crippen molar-refractivity contribution in [1.29, 1.82) is 0 Å². The van der Waals surface area contributed by atoms with Crippen molar-refractivity contribution in [3.63, 3.8) is 0 Å². The smallest absolute Gasteiger partial charge is 0.271 e. The highest BCUT2D eigenvalue weighted by Crippen LogP contribution is 2.21. The summed E-state index contributed by atoms with van der Waals surface area (Å²) in [5.74, 6) is 0.130. The van der Waals surface area contributed by atoms with Gasteiger partial charge in [0.1, 0.15) is 4.70 Å². The van der Waals surface area contributed by atoms with Crippen molar-refractivity contribution in [2.24, 2.45) is 7.05 Å². The molecule has 1 amide bonds. The fourth-order valence-electron chi connectivity index (χ4n) is 2.63. The van der Waals surface area contributed by atoms with Crippen molar-refractivity contribution in [1.82, 2.24) is 14.9 Å². The van der Waals surface area contributed by atoms with Gasteiger partial charge in [0.2, 0.25) is 5.91 Å². The molecule has 0 saturated carbocycles. The van der Waals surface area contributed by atoms with Crippen LogP contribution in [0.25, 0.3) is 10.2 Å². The van der Waals surface area contributed by atoms with E-state index in [1.54, 1.807) is 7.05 Å². The first-order chi connectivity index (χ1) is 12.4. The van der Waals surface area contributed by atoms with E-state index in [0.717, 1.165) is 5.56 Å². The third kappa shape index (κ3) is 3.83. The summed E-state index contributed by atoms with van der Waals surface area (Å²) in [6, 6.07) is 7.96. The van der Waals surface area contributed by atoms with E-state index in [1.165, 1.54) is 38.8 Å². The summed E-state index contributed by atoms with van der Waals surface area (Å²) in [4.78, 5) is 29.1. The highest BCUT2D eigenvalue weighted by atomic mass is 32.2. The van der Waals surface area contributed by atoms with Gasteiger partial charge in [0.25, 0.3) is 5.56 Å². The highest BCUT2D eigenvalue weighted by molar-refractivity contribution is 7.99. The lowest BCUT2D eigenvalue weighted by molar-refractivity contribution is -0.119. The lowest BCUT2D eigenvalue weighted by Crippen LogP contribution is -2.28. The van der Waals surface area contributed by atoms with E-state index in [0.29, 0.717) is 15.4 Å². The molecule has 1 aromatic carbocycles. The predicted molar refractivity (Wildman–Crippen MR) is 108 cm³/mol. The largest absolute Gasteiger partial charge is 0.349 e. The van der Waals surface area contributed by atoms with Crippen molar-refractivity contribution < 1.29 is 4.79 Å². The SMILES string of the molecule is Cc1ccc(C(C)NC(=O)CSc2nc3ccsc3c(=O)n2C)cc1C. The van der Waals surface area contributed by atoms with Crippen LogP contribution in [0.5, 0.6) is 0 Å². The molecule has 0 aliphatic carbocycles. The molecule has 3 rings (SSSR count). The lowest BCUT2D eigenvalue weighted by Gasteiger charge is -2.16. The molecule has 3 aromatic rings. The number of aromatic nitrogens is 2. The second-order valence-corrected chi connectivity index (χ2v) is 8.17. The maximum Gasteiger partial charge on any atom is 0.271 e. The van der Waals surface area contributed by atoms with Crippen LogP contribution >= 0.6 is 23.1 Å². The van der Waals surface area contributed by atoms with Crippen LogP contribution < -0.4 is 10.9 Å². The average Bonchev–Trinajstić information content (AvgIpc) is 3.07. The molecule has 0 spiro atoms. The molecule has 5 nitrogen and oxygen atoms in total. The van der Waals surface area contributed by atoms with E-state index < -0.39 is 0 Å². The standard InChI is InChI=1S/C19H21N3O2S2/c1-11-5-6-14(9-12(11)2)13(3)20-16(23)10-26-19-21-15-7-8-25-17(15)18(24)22(19)4/h5-9,13H,10H2,1-4H3,(H,20,23). The number of hydrogen-bond donors (Lipinski definition) is 1. The van der Waals surface area contributed by atoms with Crippen molar-refractivity contribution in [3.05, 3.63) is 56.7 Å². The topological polar surface area (TPSA) is 64.0 Å². The number of rotatable bonds is 5. The van der Waals surface area contributed by atoms with Gasteiger partial charge >= 0.3 is 0 Å². The molecule has 0 aliphatic rings. The average molecular weight is 388 g/mol. The van der Waals surface area contributed by atoms with Crippen LogP contribution in [-0.4, -0.2) is 21.2 Å². The molecule has 0 radical (unpaired) electrons. The number of nitrogens with one attached hydrogen (secondary N) is 1. The minimum absolute atomic E-state index is 0.0708. The van der Waals surface area contributed by atoms with Crippen molar-refractivity contribution in [3.8, 4) is 0 Å². The summed E-state index contributed by atoms with van der Waals surface area (Å²) < 4.78 is 2.15. The Kier molecular flexibility index (Phi) is 5.48. The summed E-state index contributed by atoms with van der Waals surface area (Å²) in [7, 11) is 1.69. The summed E-state index contributed by atoms with van der Waals surface area (Å²) in [6.45, 7) is 6.11. The Morgan fingerprint density at radius 2 is 2.08 bits per heavy atom. The zero-order valence-electron chi connectivity index (χ0n) is 15.2. The maximum absolute atomic E-state index is 12.3. The number of benzene rings is 1. The third-order valence-electron chi connectivity index (χ3n) is 4.39. The molecule has 1 atom stereocenters. The Bertz CT molecular complexity index is 1020. The molecular formula is C19H21N3O2S2. The number of carbonyl (C=O) groups is 1.